The molecule has 2 aliphatic rings. The third-order valence-corrected chi connectivity index (χ3v) is 7.59. The highest BCUT2D eigenvalue weighted by Crippen LogP contribution is 2.41. The molecule has 2 bridgehead atoms. The molecule has 3 aromatic carbocycles. The fourth-order valence-corrected chi connectivity index (χ4v) is 5.58. The van der Waals surface area contributed by atoms with Gasteiger partial charge in [0.2, 0.25) is 0 Å². The van der Waals surface area contributed by atoms with Crippen molar-refractivity contribution in [2.45, 2.75) is 55.4 Å². The molecule has 0 aliphatic carbocycles. The van der Waals surface area contributed by atoms with Gasteiger partial charge in [-0.1, -0.05) is 103 Å². The maximum Gasteiger partial charge on any atom is 0.410 e. The van der Waals surface area contributed by atoms with Gasteiger partial charge in [-0.2, -0.15) is 0 Å². The molecule has 2 unspecified atom stereocenters. The zero-order chi connectivity index (χ0) is 24.3. The van der Waals surface area contributed by atoms with E-state index >= 15 is 0 Å². The smallest absolute Gasteiger partial charge is 0.410 e. The van der Waals surface area contributed by atoms with Crippen molar-refractivity contribution in [2.75, 3.05) is 0 Å². The minimum absolute atomic E-state index is 0.00648. The Morgan fingerprint density at radius 3 is 1.80 bits per heavy atom. The third-order valence-electron chi connectivity index (χ3n) is 7.00. The quantitative estimate of drug-likeness (QED) is 0.312. The molecule has 35 heavy (non-hydrogen) atoms. The predicted octanol–water partition coefficient (Wildman–Crippen LogP) is 6.04. The molecule has 2 atom stereocenters. The van der Waals surface area contributed by atoms with Crippen LogP contribution in [0.1, 0.15) is 42.4 Å². The van der Waals surface area contributed by atoms with Crippen LogP contribution in [0.15, 0.2) is 91.0 Å². The minimum atomic E-state index is -1.44. The SMILES string of the molecule is O=C(OCc1ccccc1)N1C2CCC1CC(OC(=O)C(Cl)(c1ccccc1)c1ccccc1)C2. The number of esters is 1. The average Bonchev–Trinajstić information content (AvgIpc) is 3.18. The van der Waals surface area contributed by atoms with E-state index in [2.05, 4.69) is 0 Å². The number of carbonyl (C=O) groups excluding carboxylic acids is 2. The van der Waals surface area contributed by atoms with Gasteiger partial charge in [0.05, 0.1) is 0 Å². The van der Waals surface area contributed by atoms with E-state index in [1.807, 2.05) is 95.9 Å². The Bertz CT molecular complexity index is 1100. The van der Waals surface area contributed by atoms with E-state index in [0.29, 0.717) is 24.0 Å². The van der Waals surface area contributed by atoms with Crippen LogP contribution in [0.25, 0.3) is 0 Å². The lowest BCUT2D eigenvalue weighted by atomic mass is 9.90. The maximum atomic E-state index is 13.6. The molecule has 3 aromatic rings. The molecule has 180 valence electrons. The molecular weight excluding hydrogens is 462 g/mol. The number of hydrogen-bond donors (Lipinski definition) is 0. The van der Waals surface area contributed by atoms with Crippen molar-refractivity contribution in [3.8, 4) is 0 Å². The average molecular weight is 490 g/mol. The first-order valence-corrected chi connectivity index (χ1v) is 12.4. The van der Waals surface area contributed by atoms with Crippen LogP contribution in [0.4, 0.5) is 4.79 Å². The minimum Gasteiger partial charge on any atom is -0.460 e. The van der Waals surface area contributed by atoms with Crippen LogP contribution < -0.4 is 0 Å². The van der Waals surface area contributed by atoms with Crippen molar-refractivity contribution in [1.82, 2.24) is 4.90 Å². The van der Waals surface area contributed by atoms with Crippen molar-refractivity contribution in [1.29, 1.82) is 0 Å². The van der Waals surface area contributed by atoms with E-state index in [0.717, 1.165) is 18.4 Å². The molecule has 0 spiro atoms. The highest BCUT2D eigenvalue weighted by atomic mass is 35.5. The van der Waals surface area contributed by atoms with E-state index in [9.17, 15) is 9.59 Å². The Balaban J connectivity index is 1.27. The van der Waals surface area contributed by atoms with Gasteiger partial charge in [0, 0.05) is 24.9 Å². The molecule has 2 aliphatic heterocycles. The lowest BCUT2D eigenvalue weighted by molar-refractivity contribution is -0.154. The van der Waals surface area contributed by atoms with E-state index < -0.39 is 10.8 Å². The summed E-state index contributed by atoms with van der Waals surface area (Å²) in [5.41, 5.74) is 2.29. The monoisotopic (exact) mass is 489 g/mol. The Kier molecular flexibility index (Phi) is 6.78. The highest BCUT2D eigenvalue weighted by molar-refractivity contribution is 6.36. The maximum absolute atomic E-state index is 13.6. The normalized spacial score (nSPS) is 21.4. The van der Waals surface area contributed by atoms with Crippen LogP contribution in [0.2, 0.25) is 0 Å². The molecule has 1 amide bonds. The van der Waals surface area contributed by atoms with Crippen molar-refractivity contribution in [2.24, 2.45) is 0 Å². The standard InChI is InChI=1S/C29H28ClNO4/c30-29(22-12-6-2-7-13-22,23-14-8-3-9-15-23)27(32)35-26-18-24-16-17-25(19-26)31(24)28(33)34-20-21-10-4-1-5-11-21/h1-15,24-26H,16-20H2. The van der Waals surface area contributed by atoms with Crippen molar-refractivity contribution in [3.63, 3.8) is 0 Å². The molecule has 0 N–H and O–H groups in total. The van der Waals surface area contributed by atoms with E-state index in [-0.39, 0.29) is 30.9 Å². The van der Waals surface area contributed by atoms with Crippen LogP contribution in [0, 0.1) is 0 Å². The second kappa shape index (κ2) is 10.1. The molecule has 0 saturated carbocycles. The van der Waals surface area contributed by atoms with Crippen LogP contribution in [0.3, 0.4) is 0 Å². The number of alkyl halides is 1. The lowest BCUT2D eigenvalue weighted by Gasteiger charge is -2.38. The number of ether oxygens (including phenoxy) is 2. The van der Waals surface area contributed by atoms with Gasteiger partial charge in [-0.15, -0.1) is 0 Å². The summed E-state index contributed by atoms with van der Waals surface area (Å²) in [6.45, 7) is 0.247. The molecule has 5 nitrogen and oxygen atoms in total. The number of benzene rings is 3. The second-order valence-corrected chi connectivity index (χ2v) is 9.79. The summed E-state index contributed by atoms with van der Waals surface area (Å²) in [7, 11) is 0. The van der Waals surface area contributed by atoms with E-state index in [1.165, 1.54) is 0 Å². The zero-order valence-electron chi connectivity index (χ0n) is 19.4. The van der Waals surface area contributed by atoms with Crippen LogP contribution in [-0.4, -0.2) is 35.2 Å². The van der Waals surface area contributed by atoms with Crippen LogP contribution >= 0.6 is 11.6 Å². The summed E-state index contributed by atoms with van der Waals surface area (Å²) < 4.78 is 11.6. The van der Waals surface area contributed by atoms with E-state index in [4.69, 9.17) is 21.1 Å². The Labute approximate surface area is 210 Å². The van der Waals surface area contributed by atoms with Gasteiger partial charge in [-0.3, -0.25) is 0 Å². The number of amides is 1. The van der Waals surface area contributed by atoms with Gasteiger partial charge in [-0.25, -0.2) is 9.59 Å². The Morgan fingerprint density at radius 1 is 0.800 bits per heavy atom. The molecule has 0 aromatic heterocycles. The van der Waals surface area contributed by atoms with Crippen molar-refractivity contribution in [3.05, 3.63) is 108 Å². The van der Waals surface area contributed by atoms with Crippen LogP contribution in [0.5, 0.6) is 0 Å². The highest BCUT2D eigenvalue weighted by Gasteiger charge is 2.48. The zero-order valence-corrected chi connectivity index (χ0v) is 20.1. The predicted molar refractivity (Wildman–Crippen MR) is 134 cm³/mol. The molecule has 2 saturated heterocycles. The first-order valence-electron chi connectivity index (χ1n) is 12.1. The van der Waals surface area contributed by atoms with Crippen LogP contribution in [-0.2, 0) is 25.7 Å². The summed E-state index contributed by atoms with van der Waals surface area (Å²) in [6.07, 6.45) is 2.32. The Hall–Kier alpha value is -3.31. The summed E-state index contributed by atoms with van der Waals surface area (Å²) in [4.78, 5) is 26.9. The fraction of sp³-hybridized carbons (Fsp3) is 0.310. The number of nitrogens with zero attached hydrogens (tertiary/aromatic N) is 1. The van der Waals surface area contributed by atoms with Gasteiger partial charge in [0.25, 0.3) is 0 Å². The molecule has 0 radical (unpaired) electrons. The summed E-state index contributed by atoms with van der Waals surface area (Å²) >= 11 is 7.07. The topological polar surface area (TPSA) is 55.8 Å². The molecule has 2 heterocycles. The first-order chi connectivity index (χ1) is 17.1. The third kappa shape index (κ3) is 4.78. The van der Waals surface area contributed by atoms with E-state index in [1.54, 1.807) is 0 Å². The van der Waals surface area contributed by atoms with Gasteiger partial charge in [0.1, 0.15) is 12.7 Å². The largest absolute Gasteiger partial charge is 0.460 e. The van der Waals surface area contributed by atoms with Crippen molar-refractivity contribution < 1.29 is 19.1 Å². The fourth-order valence-electron chi connectivity index (χ4n) is 5.29. The number of piperidine rings is 1. The van der Waals surface area contributed by atoms with Gasteiger partial charge >= 0.3 is 12.1 Å². The van der Waals surface area contributed by atoms with Gasteiger partial charge < -0.3 is 14.4 Å². The molecule has 6 heteroatoms. The summed E-state index contributed by atoms with van der Waals surface area (Å²) in [6, 6.07) is 28.3. The molecular formula is C29H28ClNO4. The number of fused-ring (bicyclic) bond motifs is 2. The van der Waals surface area contributed by atoms with Crippen molar-refractivity contribution >= 4 is 23.7 Å². The molecule has 2 fully saturated rings. The lowest BCUT2D eigenvalue weighted by Crippen LogP contribution is -2.50. The summed E-state index contributed by atoms with van der Waals surface area (Å²) in [5, 5.41) is 0. The number of rotatable bonds is 6. The van der Waals surface area contributed by atoms with Gasteiger partial charge in [-0.05, 0) is 29.5 Å². The Morgan fingerprint density at radius 2 is 1.29 bits per heavy atom. The number of carbonyl (C=O) groups is 2. The van der Waals surface area contributed by atoms with Gasteiger partial charge in [0.15, 0.2) is 4.87 Å². The second-order valence-electron chi connectivity index (χ2n) is 9.22. The summed E-state index contributed by atoms with van der Waals surface area (Å²) in [5.74, 6) is -0.485. The number of hydrogen-bond acceptors (Lipinski definition) is 4. The molecule has 5 rings (SSSR count). The first kappa shape index (κ1) is 23.4. The number of halogens is 1.